The molecule has 2 N–H and O–H groups in total. The molecule has 1 atom stereocenters. The van der Waals surface area contributed by atoms with Crippen molar-refractivity contribution in [1.82, 2.24) is 10.0 Å². The van der Waals surface area contributed by atoms with Crippen LogP contribution in [0, 0.1) is 11.2 Å². The van der Waals surface area contributed by atoms with Crippen LogP contribution in [0.25, 0.3) is 0 Å². The fraction of sp³-hybridized carbons (Fsp3) is 0.600. The van der Waals surface area contributed by atoms with Crippen LogP contribution in [0.3, 0.4) is 0 Å². The predicted molar refractivity (Wildman–Crippen MR) is 80.9 cm³/mol. The van der Waals surface area contributed by atoms with Crippen molar-refractivity contribution in [2.24, 2.45) is 5.41 Å². The first-order chi connectivity index (χ1) is 9.62. The average Bonchev–Trinajstić information content (AvgIpc) is 2.93. The molecule has 0 radical (unpaired) electrons. The summed E-state index contributed by atoms with van der Waals surface area (Å²) in [7, 11) is -3.59. The lowest BCUT2D eigenvalue weighted by atomic mass is 10.2. The van der Waals surface area contributed by atoms with Crippen LogP contribution in [0.1, 0.15) is 39.7 Å². The summed E-state index contributed by atoms with van der Waals surface area (Å²) in [5.41, 5.74) is 0.372. The molecule has 0 heterocycles. The van der Waals surface area contributed by atoms with E-state index in [9.17, 15) is 12.8 Å². The van der Waals surface area contributed by atoms with Crippen LogP contribution < -0.4 is 10.0 Å². The lowest BCUT2D eigenvalue weighted by Gasteiger charge is -2.12. The molecule has 6 heteroatoms. The molecule has 2 rings (SSSR count). The maximum atomic E-state index is 13.8. The Morgan fingerprint density at radius 1 is 1.38 bits per heavy atom. The highest BCUT2D eigenvalue weighted by Gasteiger charge is 2.47. The van der Waals surface area contributed by atoms with Crippen LogP contribution in [-0.4, -0.2) is 20.5 Å². The van der Waals surface area contributed by atoms with Crippen LogP contribution in [0.2, 0.25) is 0 Å². The number of hydrogen-bond acceptors (Lipinski definition) is 3. The van der Waals surface area contributed by atoms with Gasteiger partial charge in [0.2, 0.25) is 10.0 Å². The highest BCUT2D eigenvalue weighted by atomic mass is 32.2. The van der Waals surface area contributed by atoms with Crippen LogP contribution >= 0.6 is 0 Å². The second-order valence-electron chi connectivity index (χ2n) is 6.66. The molecular formula is C15H23FN2O2S. The van der Waals surface area contributed by atoms with Gasteiger partial charge in [0.1, 0.15) is 5.82 Å². The van der Waals surface area contributed by atoms with Gasteiger partial charge >= 0.3 is 0 Å². The molecule has 1 aromatic carbocycles. The summed E-state index contributed by atoms with van der Waals surface area (Å²) in [6.07, 6.45) is 0.829. The first-order valence-electron chi connectivity index (χ1n) is 7.16. The van der Waals surface area contributed by atoms with Crippen molar-refractivity contribution in [3.63, 3.8) is 0 Å². The molecule has 118 valence electrons. The van der Waals surface area contributed by atoms with Gasteiger partial charge in [0.05, 0.1) is 4.90 Å². The van der Waals surface area contributed by atoms with Gasteiger partial charge in [-0.2, -0.15) is 0 Å². The number of hydrogen-bond donors (Lipinski definition) is 2. The summed E-state index contributed by atoms with van der Waals surface area (Å²) in [5.74, 6) is -0.395. The van der Waals surface area contributed by atoms with Crippen molar-refractivity contribution in [3.05, 3.63) is 29.6 Å². The summed E-state index contributed by atoms with van der Waals surface area (Å²) < 4.78 is 41.1. The average molecular weight is 314 g/mol. The van der Waals surface area contributed by atoms with Gasteiger partial charge in [-0.1, -0.05) is 27.7 Å². The molecule has 1 aliphatic carbocycles. The minimum Gasteiger partial charge on any atom is -0.310 e. The Morgan fingerprint density at radius 3 is 2.52 bits per heavy atom. The number of rotatable bonds is 6. The third-order valence-corrected chi connectivity index (χ3v) is 5.31. The van der Waals surface area contributed by atoms with Gasteiger partial charge in [0.15, 0.2) is 0 Å². The van der Waals surface area contributed by atoms with Crippen molar-refractivity contribution in [2.75, 3.05) is 0 Å². The second-order valence-corrected chi connectivity index (χ2v) is 8.37. The summed E-state index contributed by atoms with van der Waals surface area (Å²) in [4.78, 5) is 0.118. The number of halogens is 1. The van der Waals surface area contributed by atoms with E-state index in [0.717, 1.165) is 6.42 Å². The summed E-state index contributed by atoms with van der Waals surface area (Å²) in [6, 6.07) is 4.10. The summed E-state index contributed by atoms with van der Waals surface area (Å²) >= 11 is 0. The topological polar surface area (TPSA) is 58.2 Å². The Labute approximate surface area is 126 Å². The van der Waals surface area contributed by atoms with E-state index in [1.54, 1.807) is 0 Å². The summed E-state index contributed by atoms with van der Waals surface area (Å²) in [6.45, 7) is 8.25. The van der Waals surface area contributed by atoms with E-state index >= 15 is 0 Å². The third kappa shape index (κ3) is 4.02. The van der Waals surface area contributed by atoms with Crippen molar-refractivity contribution < 1.29 is 12.8 Å². The van der Waals surface area contributed by atoms with E-state index in [4.69, 9.17) is 0 Å². The predicted octanol–water partition coefficient (Wildman–Crippen LogP) is 2.40. The van der Waals surface area contributed by atoms with Crippen molar-refractivity contribution in [3.8, 4) is 0 Å². The molecule has 1 unspecified atom stereocenters. The molecular weight excluding hydrogens is 291 g/mol. The monoisotopic (exact) mass is 314 g/mol. The highest BCUT2D eigenvalue weighted by Crippen LogP contribution is 2.45. The second kappa shape index (κ2) is 5.66. The lowest BCUT2D eigenvalue weighted by molar-refractivity contribution is 0.546. The zero-order valence-corrected chi connectivity index (χ0v) is 13.7. The zero-order chi connectivity index (χ0) is 15.8. The molecule has 1 fully saturated rings. The Morgan fingerprint density at radius 2 is 2.00 bits per heavy atom. The first-order valence-corrected chi connectivity index (χ1v) is 8.64. The van der Waals surface area contributed by atoms with Crippen molar-refractivity contribution in [1.29, 1.82) is 0 Å². The Kier molecular flexibility index (Phi) is 4.42. The molecule has 0 aliphatic heterocycles. The number of benzene rings is 1. The quantitative estimate of drug-likeness (QED) is 0.848. The molecule has 0 saturated heterocycles. The van der Waals surface area contributed by atoms with Crippen LogP contribution in [-0.2, 0) is 16.6 Å². The number of nitrogens with one attached hydrogen (secondary N) is 2. The third-order valence-electron chi connectivity index (χ3n) is 3.84. The minimum atomic E-state index is -3.59. The molecule has 0 bridgehead atoms. The van der Waals surface area contributed by atoms with E-state index in [-0.39, 0.29) is 22.4 Å². The molecule has 0 aromatic heterocycles. The molecule has 1 aliphatic rings. The molecule has 0 spiro atoms. The van der Waals surface area contributed by atoms with E-state index in [0.29, 0.717) is 12.1 Å². The first kappa shape index (κ1) is 16.4. The normalized spacial score (nSPS) is 20.8. The smallest absolute Gasteiger partial charge is 0.240 e. The Bertz CT molecular complexity index is 627. The van der Waals surface area contributed by atoms with Crippen LogP contribution in [0.5, 0.6) is 0 Å². The standard InChI is InChI=1S/C15H23FN2O2S/c1-10(2)17-9-11-7-12(5-6-13(11)16)21(19,20)18-14-8-15(14,3)4/h5-7,10,14,17-18H,8-9H2,1-4H3. The van der Waals surface area contributed by atoms with E-state index in [2.05, 4.69) is 10.0 Å². The zero-order valence-electron chi connectivity index (χ0n) is 12.9. The summed E-state index contributed by atoms with van der Waals surface area (Å²) in [5, 5.41) is 3.09. The van der Waals surface area contributed by atoms with E-state index in [1.165, 1.54) is 18.2 Å². The fourth-order valence-corrected chi connectivity index (χ4v) is 3.55. The Balaban J connectivity index is 2.17. The van der Waals surface area contributed by atoms with Gasteiger partial charge in [-0.3, -0.25) is 0 Å². The minimum absolute atomic E-state index is 0.00906. The molecule has 1 saturated carbocycles. The van der Waals surface area contributed by atoms with E-state index in [1.807, 2.05) is 27.7 Å². The van der Waals surface area contributed by atoms with Gasteiger partial charge in [-0.15, -0.1) is 0 Å². The van der Waals surface area contributed by atoms with Gasteiger partial charge in [0.25, 0.3) is 0 Å². The Hall–Kier alpha value is -0.980. The molecule has 1 aromatic rings. The van der Waals surface area contributed by atoms with Gasteiger partial charge in [-0.25, -0.2) is 17.5 Å². The fourth-order valence-electron chi connectivity index (χ4n) is 2.09. The van der Waals surface area contributed by atoms with Crippen molar-refractivity contribution in [2.45, 2.75) is 57.6 Å². The highest BCUT2D eigenvalue weighted by molar-refractivity contribution is 7.89. The molecule has 4 nitrogen and oxygen atoms in total. The van der Waals surface area contributed by atoms with E-state index < -0.39 is 15.8 Å². The molecule has 0 amide bonds. The maximum absolute atomic E-state index is 13.8. The van der Waals surface area contributed by atoms with Gasteiger partial charge in [0, 0.05) is 24.2 Å². The largest absolute Gasteiger partial charge is 0.310 e. The van der Waals surface area contributed by atoms with Gasteiger partial charge < -0.3 is 5.32 Å². The lowest BCUT2D eigenvalue weighted by Crippen LogP contribution is -2.29. The number of sulfonamides is 1. The van der Waals surface area contributed by atoms with Gasteiger partial charge in [-0.05, 0) is 30.0 Å². The van der Waals surface area contributed by atoms with Crippen LogP contribution in [0.4, 0.5) is 4.39 Å². The van der Waals surface area contributed by atoms with Crippen LogP contribution in [0.15, 0.2) is 23.1 Å². The maximum Gasteiger partial charge on any atom is 0.240 e. The van der Waals surface area contributed by atoms with Crippen molar-refractivity contribution >= 4 is 10.0 Å². The SMILES string of the molecule is CC(C)NCc1cc(S(=O)(=O)NC2CC2(C)C)ccc1F. The molecule has 21 heavy (non-hydrogen) atoms.